The Labute approximate surface area is 198 Å². The van der Waals surface area contributed by atoms with Crippen LogP contribution in [0.25, 0.3) is 6.08 Å². The molecule has 3 heterocycles. The van der Waals surface area contributed by atoms with Gasteiger partial charge >= 0.3 is 0 Å². The Kier molecular flexibility index (Phi) is 6.22. The van der Waals surface area contributed by atoms with E-state index in [-0.39, 0.29) is 17.7 Å². The van der Waals surface area contributed by atoms with Crippen molar-refractivity contribution in [1.82, 2.24) is 9.80 Å². The summed E-state index contributed by atoms with van der Waals surface area (Å²) in [5, 5.41) is -0.387. The Hall–Kier alpha value is -3.06. The number of carbonyl (C=O) groups excluding carboxylic acids is 3. The maximum absolute atomic E-state index is 12.9. The van der Waals surface area contributed by atoms with E-state index in [2.05, 4.69) is 23.1 Å². The van der Waals surface area contributed by atoms with Gasteiger partial charge in [0.1, 0.15) is 6.54 Å². The van der Waals surface area contributed by atoms with E-state index in [0.29, 0.717) is 18.0 Å². The molecule has 0 bridgehead atoms. The van der Waals surface area contributed by atoms with Crippen LogP contribution >= 0.6 is 11.8 Å². The lowest BCUT2D eigenvalue weighted by atomic mass is 10.00. The standard InChI is InChI=1S/C26H27N3O3S/c30-24(28-15-12-20-6-2-3-7-21(20)17-28)18-29-25(31)23(33-26(29)32)16-19-8-10-22(11-9-19)27-13-4-1-5-14-27/h2-3,6-11,16H,1,4-5,12-15,17-18H2/b23-16-. The van der Waals surface area contributed by atoms with Gasteiger partial charge in [0.05, 0.1) is 4.91 Å². The minimum absolute atomic E-state index is 0.195. The number of thioether (sulfide) groups is 1. The van der Waals surface area contributed by atoms with Crippen LogP contribution in [-0.2, 0) is 22.6 Å². The number of piperidine rings is 1. The van der Waals surface area contributed by atoms with Gasteiger partial charge in [-0.25, -0.2) is 0 Å². The molecule has 2 aromatic carbocycles. The second-order valence-electron chi connectivity index (χ2n) is 8.74. The van der Waals surface area contributed by atoms with Crippen molar-refractivity contribution in [3.05, 3.63) is 70.1 Å². The fourth-order valence-corrected chi connectivity index (χ4v) is 5.50. The number of amides is 3. The summed E-state index contributed by atoms with van der Waals surface area (Å²) < 4.78 is 0. The normalized spacial score (nSPS) is 19.9. The molecule has 0 unspecified atom stereocenters. The van der Waals surface area contributed by atoms with E-state index in [0.717, 1.165) is 47.3 Å². The van der Waals surface area contributed by atoms with Crippen molar-refractivity contribution < 1.29 is 14.4 Å². The molecule has 2 saturated heterocycles. The van der Waals surface area contributed by atoms with Gasteiger partial charge in [0.25, 0.3) is 11.1 Å². The lowest BCUT2D eigenvalue weighted by Gasteiger charge is -2.29. The number of hydrogen-bond donors (Lipinski definition) is 0. The Morgan fingerprint density at radius 1 is 0.909 bits per heavy atom. The van der Waals surface area contributed by atoms with Crippen molar-refractivity contribution in [2.75, 3.05) is 31.1 Å². The molecule has 2 fully saturated rings. The molecular weight excluding hydrogens is 434 g/mol. The number of anilines is 1. The summed E-state index contributed by atoms with van der Waals surface area (Å²) in [6.07, 6.45) is 6.26. The molecule has 7 heteroatoms. The van der Waals surface area contributed by atoms with Crippen LogP contribution in [0.1, 0.15) is 36.0 Å². The molecule has 6 nitrogen and oxygen atoms in total. The summed E-state index contributed by atoms with van der Waals surface area (Å²) in [6, 6.07) is 16.2. The number of hydrogen-bond acceptors (Lipinski definition) is 5. The van der Waals surface area contributed by atoms with Gasteiger partial charge < -0.3 is 9.80 Å². The first kappa shape index (κ1) is 21.8. The van der Waals surface area contributed by atoms with Gasteiger partial charge in [-0.2, -0.15) is 0 Å². The van der Waals surface area contributed by atoms with Crippen LogP contribution < -0.4 is 4.90 Å². The minimum Gasteiger partial charge on any atom is -0.372 e. The third kappa shape index (κ3) is 4.69. The zero-order valence-electron chi connectivity index (χ0n) is 18.5. The molecule has 2 aromatic rings. The summed E-state index contributed by atoms with van der Waals surface area (Å²) >= 11 is 0.903. The summed E-state index contributed by atoms with van der Waals surface area (Å²) in [4.78, 5) is 43.8. The van der Waals surface area contributed by atoms with Crippen molar-refractivity contribution in [3.63, 3.8) is 0 Å². The van der Waals surface area contributed by atoms with E-state index in [1.54, 1.807) is 11.0 Å². The Morgan fingerprint density at radius 3 is 2.39 bits per heavy atom. The van der Waals surface area contributed by atoms with Crippen LogP contribution in [0.3, 0.4) is 0 Å². The van der Waals surface area contributed by atoms with Gasteiger partial charge in [-0.15, -0.1) is 0 Å². The summed E-state index contributed by atoms with van der Waals surface area (Å²) in [5.41, 5.74) is 4.44. The molecule has 0 saturated carbocycles. The second kappa shape index (κ2) is 9.43. The van der Waals surface area contributed by atoms with Gasteiger partial charge in [0.15, 0.2) is 0 Å². The van der Waals surface area contributed by atoms with Gasteiger partial charge in [-0.05, 0) is 72.3 Å². The van der Waals surface area contributed by atoms with Crippen LogP contribution in [0.5, 0.6) is 0 Å². The number of imide groups is 1. The molecule has 0 N–H and O–H groups in total. The van der Waals surface area contributed by atoms with Crippen molar-refractivity contribution in [1.29, 1.82) is 0 Å². The van der Waals surface area contributed by atoms with Crippen molar-refractivity contribution in [2.24, 2.45) is 0 Å². The third-order valence-electron chi connectivity index (χ3n) is 6.56. The molecule has 0 aliphatic carbocycles. The molecule has 170 valence electrons. The summed E-state index contributed by atoms with van der Waals surface area (Å²) in [7, 11) is 0. The quantitative estimate of drug-likeness (QED) is 0.636. The molecule has 0 atom stereocenters. The molecule has 33 heavy (non-hydrogen) atoms. The molecule has 0 spiro atoms. The molecule has 0 radical (unpaired) electrons. The van der Waals surface area contributed by atoms with Crippen LogP contribution in [0, 0.1) is 0 Å². The molecule has 3 amide bonds. The van der Waals surface area contributed by atoms with Crippen LogP contribution in [0.4, 0.5) is 10.5 Å². The number of carbonyl (C=O) groups is 3. The van der Waals surface area contributed by atoms with E-state index in [4.69, 9.17) is 0 Å². The minimum atomic E-state index is -0.393. The summed E-state index contributed by atoms with van der Waals surface area (Å²) in [6.45, 7) is 3.07. The Balaban J connectivity index is 1.23. The van der Waals surface area contributed by atoms with Crippen molar-refractivity contribution >= 4 is 40.6 Å². The average Bonchev–Trinajstić information content (AvgIpc) is 3.12. The SMILES string of the molecule is O=C(CN1C(=O)S/C(=C\c2ccc(N3CCCCC3)cc2)C1=O)N1CCc2ccccc2C1. The third-order valence-corrected chi connectivity index (χ3v) is 7.47. The fraction of sp³-hybridized carbons (Fsp3) is 0.346. The highest BCUT2D eigenvalue weighted by Crippen LogP contribution is 2.33. The first-order valence-corrected chi connectivity index (χ1v) is 12.3. The van der Waals surface area contributed by atoms with Gasteiger partial charge in [-0.1, -0.05) is 36.4 Å². The maximum Gasteiger partial charge on any atom is 0.294 e. The first-order chi connectivity index (χ1) is 16.1. The van der Waals surface area contributed by atoms with Crippen molar-refractivity contribution in [2.45, 2.75) is 32.2 Å². The predicted octanol–water partition coefficient (Wildman–Crippen LogP) is 4.30. The van der Waals surface area contributed by atoms with Gasteiger partial charge in [-0.3, -0.25) is 19.3 Å². The van der Waals surface area contributed by atoms with Crippen molar-refractivity contribution in [3.8, 4) is 0 Å². The highest BCUT2D eigenvalue weighted by Gasteiger charge is 2.37. The Morgan fingerprint density at radius 2 is 1.64 bits per heavy atom. The van der Waals surface area contributed by atoms with Crippen LogP contribution in [-0.4, -0.2) is 53.0 Å². The fourth-order valence-electron chi connectivity index (χ4n) is 4.67. The molecule has 0 aromatic heterocycles. The van der Waals surface area contributed by atoms with Crippen LogP contribution in [0.2, 0.25) is 0 Å². The zero-order chi connectivity index (χ0) is 22.8. The van der Waals surface area contributed by atoms with E-state index < -0.39 is 5.91 Å². The lowest BCUT2D eigenvalue weighted by Crippen LogP contribution is -2.44. The van der Waals surface area contributed by atoms with Gasteiger partial charge in [0, 0.05) is 31.9 Å². The predicted molar refractivity (Wildman–Crippen MR) is 131 cm³/mol. The first-order valence-electron chi connectivity index (χ1n) is 11.5. The highest BCUT2D eigenvalue weighted by molar-refractivity contribution is 8.18. The highest BCUT2D eigenvalue weighted by atomic mass is 32.2. The van der Waals surface area contributed by atoms with Gasteiger partial charge in [0.2, 0.25) is 5.91 Å². The molecular formula is C26H27N3O3S. The monoisotopic (exact) mass is 461 g/mol. The maximum atomic E-state index is 12.9. The largest absolute Gasteiger partial charge is 0.372 e. The number of benzene rings is 2. The molecule has 3 aliphatic rings. The second-order valence-corrected chi connectivity index (χ2v) is 9.73. The topological polar surface area (TPSA) is 60.9 Å². The van der Waals surface area contributed by atoms with Crippen LogP contribution in [0.15, 0.2) is 53.4 Å². The molecule has 5 rings (SSSR count). The van der Waals surface area contributed by atoms with E-state index >= 15 is 0 Å². The zero-order valence-corrected chi connectivity index (χ0v) is 19.4. The molecule has 3 aliphatic heterocycles. The lowest BCUT2D eigenvalue weighted by molar-refractivity contribution is -0.136. The van der Waals surface area contributed by atoms with E-state index in [1.807, 2.05) is 30.3 Å². The van der Waals surface area contributed by atoms with E-state index in [9.17, 15) is 14.4 Å². The number of nitrogens with zero attached hydrogens (tertiary/aromatic N) is 3. The smallest absolute Gasteiger partial charge is 0.294 e. The van der Waals surface area contributed by atoms with E-state index in [1.165, 1.54) is 30.5 Å². The number of fused-ring (bicyclic) bond motifs is 1. The average molecular weight is 462 g/mol. The Bertz CT molecular complexity index is 1110. The number of rotatable bonds is 4. The summed E-state index contributed by atoms with van der Waals surface area (Å²) in [5.74, 6) is -0.588.